The lowest BCUT2D eigenvalue weighted by molar-refractivity contribution is 0.0695. The van der Waals surface area contributed by atoms with E-state index < -0.39 is 45.8 Å². The summed E-state index contributed by atoms with van der Waals surface area (Å²) in [6.45, 7) is -0.169. The molecular weight excluding hydrogens is 454 g/mol. The van der Waals surface area contributed by atoms with Gasteiger partial charge in [0.1, 0.15) is 35.1 Å². The smallest absolute Gasteiger partial charge is 0.342 e. The minimum Gasteiger partial charge on any atom is -0.488 e. The number of carbonyl (C=O) groups is 2. The largest absolute Gasteiger partial charge is 0.488 e. The molecule has 1 aromatic heterocycles. The number of H-pyrrole nitrogens is 1. The highest BCUT2D eigenvalue weighted by molar-refractivity contribution is 6.31. The molecule has 0 aliphatic heterocycles. The van der Waals surface area contributed by atoms with Gasteiger partial charge in [-0.05, 0) is 30.3 Å². The molecule has 0 unspecified atom stereocenters. The molecule has 11 heteroatoms. The van der Waals surface area contributed by atoms with Crippen molar-refractivity contribution in [3.63, 3.8) is 0 Å². The van der Waals surface area contributed by atoms with Gasteiger partial charge in [0, 0.05) is 21.7 Å². The first-order valence-corrected chi connectivity index (χ1v) is 9.24. The maximum atomic E-state index is 13.3. The highest BCUT2D eigenvalue weighted by Gasteiger charge is 2.28. The summed E-state index contributed by atoms with van der Waals surface area (Å²) >= 11 is 12.0. The number of nitrogen functional groups attached to an aromatic ring is 1. The maximum Gasteiger partial charge on any atom is 0.342 e. The van der Waals surface area contributed by atoms with Crippen LogP contribution < -0.4 is 16.0 Å². The number of benzene rings is 2. The number of ether oxygens (including phenoxy) is 1. The first kappa shape index (κ1) is 22.1. The molecular formula is C20H13Cl2FN2O6. The molecule has 0 aliphatic carbocycles. The van der Waals surface area contributed by atoms with Gasteiger partial charge in [-0.3, -0.25) is 4.79 Å². The Morgan fingerprint density at radius 3 is 2.35 bits per heavy atom. The Bertz CT molecular complexity index is 1280. The van der Waals surface area contributed by atoms with Gasteiger partial charge in [-0.15, -0.1) is 0 Å². The van der Waals surface area contributed by atoms with Gasteiger partial charge >= 0.3 is 11.9 Å². The van der Waals surface area contributed by atoms with Crippen LogP contribution in [0, 0.1) is 5.82 Å². The van der Waals surface area contributed by atoms with Crippen LogP contribution >= 0.6 is 23.2 Å². The third-order valence-corrected chi connectivity index (χ3v) is 4.87. The fourth-order valence-corrected chi connectivity index (χ4v) is 3.33. The predicted molar refractivity (Wildman–Crippen MR) is 112 cm³/mol. The van der Waals surface area contributed by atoms with Crippen LogP contribution in [0.1, 0.15) is 26.3 Å². The number of hydrogen-bond acceptors (Lipinski definition) is 5. The summed E-state index contributed by atoms with van der Waals surface area (Å²) in [5.74, 6) is -4.33. The lowest BCUT2D eigenvalue weighted by Crippen LogP contribution is -2.24. The summed E-state index contributed by atoms with van der Waals surface area (Å²) in [7, 11) is 0. The van der Waals surface area contributed by atoms with E-state index in [4.69, 9.17) is 33.7 Å². The molecule has 0 bridgehead atoms. The number of hydrogen-bond donors (Lipinski definition) is 4. The van der Waals surface area contributed by atoms with Crippen LogP contribution in [0.2, 0.25) is 10.0 Å². The molecule has 0 aliphatic rings. The molecule has 160 valence electrons. The summed E-state index contributed by atoms with van der Waals surface area (Å²) in [4.78, 5) is 37.9. The molecule has 0 saturated carbocycles. The standard InChI is InChI=1S/C20H13Cl2FN2O6/c21-9-2-4-13(31-7-8-1-3-10(23)6-12(8)22)11(5-9)14-15(19(27)28)17(24)25-18(26)16(14)20(29)30/h1-6H,7H2,(H,27,28)(H,29,30)(H3,24,25,26). The van der Waals surface area contributed by atoms with Gasteiger partial charge < -0.3 is 25.7 Å². The number of nitrogens with one attached hydrogen (secondary N) is 1. The number of anilines is 1. The van der Waals surface area contributed by atoms with E-state index >= 15 is 0 Å². The van der Waals surface area contributed by atoms with Crippen LogP contribution in [-0.4, -0.2) is 27.1 Å². The number of aromatic amines is 1. The van der Waals surface area contributed by atoms with Crippen molar-refractivity contribution >= 4 is 41.0 Å². The molecule has 0 saturated heterocycles. The van der Waals surface area contributed by atoms with Crippen LogP contribution in [0.25, 0.3) is 11.1 Å². The monoisotopic (exact) mass is 466 g/mol. The summed E-state index contributed by atoms with van der Waals surface area (Å²) in [6.07, 6.45) is 0. The van der Waals surface area contributed by atoms with Gasteiger partial charge in [-0.1, -0.05) is 29.3 Å². The zero-order chi connectivity index (χ0) is 22.9. The highest BCUT2D eigenvalue weighted by atomic mass is 35.5. The summed E-state index contributed by atoms with van der Waals surface area (Å²) in [5, 5.41) is 19.4. The van der Waals surface area contributed by atoms with Crippen molar-refractivity contribution < 1.29 is 28.9 Å². The molecule has 5 N–H and O–H groups in total. The van der Waals surface area contributed by atoms with E-state index in [-0.39, 0.29) is 28.0 Å². The van der Waals surface area contributed by atoms with E-state index in [0.717, 1.165) is 6.07 Å². The molecule has 3 rings (SSSR count). The van der Waals surface area contributed by atoms with Gasteiger partial charge in [0.2, 0.25) is 0 Å². The van der Waals surface area contributed by atoms with Crippen LogP contribution in [0.5, 0.6) is 5.75 Å². The molecule has 0 atom stereocenters. The van der Waals surface area contributed by atoms with Gasteiger partial charge in [0.05, 0.1) is 5.02 Å². The van der Waals surface area contributed by atoms with E-state index in [0.29, 0.717) is 5.56 Å². The fourth-order valence-electron chi connectivity index (χ4n) is 2.93. The summed E-state index contributed by atoms with van der Waals surface area (Å²) in [6, 6.07) is 7.69. The summed E-state index contributed by atoms with van der Waals surface area (Å²) < 4.78 is 19.0. The Morgan fingerprint density at radius 2 is 1.74 bits per heavy atom. The number of aromatic nitrogens is 1. The molecule has 3 aromatic rings. The SMILES string of the molecule is Nc1[nH]c(=O)c(C(=O)O)c(-c2cc(Cl)ccc2OCc2ccc(F)cc2Cl)c1C(=O)O. The average Bonchev–Trinajstić information content (AvgIpc) is 2.66. The first-order valence-electron chi connectivity index (χ1n) is 8.49. The average molecular weight is 467 g/mol. The minimum atomic E-state index is -1.67. The Morgan fingerprint density at radius 1 is 1.06 bits per heavy atom. The third-order valence-electron chi connectivity index (χ3n) is 4.28. The lowest BCUT2D eigenvalue weighted by atomic mass is 9.94. The molecule has 0 amide bonds. The van der Waals surface area contributed by atoms with Crippen molar-refractivity contribution in [2.75, 3.05) is 5.73 Å². The van der Waals surface area contributed by atoms with E-state index in [9.17, 15) is 29.0 Å². The van der Waals surface area contributed by atoms with Gasteiger partial charge in [0.15, 0.2) is 0 Å². The Kier molecular flexibility index (Phi) is 6.19. The molecule has 2 aromatic carbocycles. The number of carboxylic acids is 2. The third kappa shape index (κ3) is 4.47. The Balaban J connectivity index is 2.22. The van der Waals surface area contributed by atoms with Crippen molar-refractivity contribution in [3.8, 4) is 16.9 Å². The quantitative estimate of drug-likeness (QED) is 0.429. The lowest BCUT2D eigenvalue weighted by Gasteiger charge is -2.17. The zero-order valence-electron chi connectivity index (χ0n) is 15.4. The van der Waals surface area contributed by atoms with Gasteiger partial charge in [0.25, 0.3) is 5.56 Å². The molecule has 31 heavy (non-hydrogen) atoms. The van der Waals surface area contributed by atoms with E-state index in [1.54, 1.807) is 0 Å². The summed E-state index contributed by atoms with van der Waals surface area (Å²) in [5.41, 5.74) is 2.93. The number of carboxylic acid groups (broad SMARTS) is 2. The number of pyridine rings is 1. The van der Waals surface area contributed by atoms with Crippen molar-refractivity contribution in [1.82, 2.24) is 4.98 Å². The van der Waals surface area contributed by atoms with E-state index in [2.05, 4.69) is 0 Å². The second kappa shape index (κ2) is 8.66. The van der Waals surface area contributed by atoms with Gasteiger partial charge in [-0.25, -0.2) is 14.0 Å². The van der Waals surface area contributed by atoms with Crippen molar-refractivity contribution in [2.24, 2.45) is 0 Å². The predicted octanol–water partition coefficient (Wildman–Crippen LogP) is 4.05. The Labute approximate surface area is 183 Å². The Hall–Kier alpha value is -3.56. The van der Waals surface area contributed by atoms with Gasteiger partial charge in [-0.2, -0.15) is 0 Å². The second-order valence-electron chi connectivity index (χ2n) is 6.27. The molecule has 8 nitrogen and oxygen atoms in total. The van der Waals surface area contributed by atoms with Crippen molar-refractivity contribution in [2.45, 2.75) is 6.61 Å². The molecule has 0 spiro atoms. The van der Waals surface area contributed by atoms with Crippen molar-refractivity contribution in [1.29, 1.82) is 0 Å². The number of rotatable bonds is 6. The highest BCUT2D eigenvalue weighted by Crippen LogP contribution is 2.38. The molecule has 1 heterocycles. The maximum absolute atomic E-state index is 13.3. The van der Waals surface area contributed by atoms with Crippen LogP contribution in [-0.2, 0) is 6.61 Å². The van der Waals surface area contributed by atoms with Crippen LogP contribution in [0.3, 0.4) is 0 Å². The first-order chi connectivity index (χ1) is 14.6. The number of halogens is 3. The van der Waals surface area contributed by atoms with Crippen molar-refractivity contribution in [3.05, 3.63) is 79.3 Å². The molecule has 0 fully saturated rings. The van der Waals surface area contributed by atoms with E-state index in [1.807, 2.05) is 4.98 Å². The molecule has 0 radical (unpaired) electrons. The van der Waals surface area contributed by atoms with Crippen LogP contribution in [0.15, 0.2) is 41.2 Å². The minimum absolute atomic E-state index is 0.000193. The number of aromatic carboxylic acids is 2. The zero-order valence-corrected chi connectivity index (χ0v) is 16.9. The topological polar surface area (TPSA) is 143 Å². The normalized spacial score (nSPS) is 10.7. The van der Waals surface area contributed by atoms with E-state index in [1.165, 1.54) is 30.3 Å². The fraction of sp³-hybridized carbons (Fsp3) is 0.0500. The van der Waals surface area contributed by atoms with Crippen LogP contribution in [0.4, 0.5) is 10.2 Å². The second-order valence-corrected chi connectivity index (χ2v) is 7.11. The number of nitrogens with two attached hydrogens (primary N) is 1.